The Labute approximate surface area is 91.6 Å². The minimum atomic E-state index is -0.920. The highest BCUT2D eigenvalue weighted by molar-refractivity contribution is 5.64. The van der Waals surface area contributed by atoms with Crippen molar-refractivity contribution in [3.8, 4) is 0 Å². The molecule has 1 fully saturated rings. The fourth-order valence-corrected chi connectivity index (χ4v) is 2.24. The molecule has 0 spiro atoms. The molecule has 0 bridgehead atoms. The quantitative estimate of drug-likeness (QED) is 0.750. The van der Waals surface area contributed by atoms with Gasteiger partial charge in [0.05, 0.1) is 0 Å². The van der Waals surface area contributed by atoms with Crippen LogP contribution in [0.1, 0.15) is 26.7 Å². The highest BCUT2D eigenvalue weighted by atomic mass is 16.4. The van der Waals surface area contributed by atoms with Gasteiger partial charge in [-0.25, -0.2) is 4.79 Å². The second kappa shape index (κ2) is 4.84. The van der Waals surface area contributed by atoms with Crippen molar-refractivity contribution in [2.24, 2.45) is 11.3 Å². The second-order valence-corrected chi connectivity index (χ2v) is 5.22. The van der Waals surface area contributed by atoms with Gasteiger partial charge < -0.3 is 15.3 Å². The van der Waals surface area contributed by atoms with Crippen LogP contribution in [0.2, 0.25) is 0 Å². The molecule has 4 heteroatoms. The van der Waals surface area contributed by atoms with Crippen molar-refractivity contribution < 1.29 is 9.90 Å². The third-order valence-electron chi connectivity index (χ3n) is 3.52. The van der Waals surface area contributed by atoms with Gasteiger partial charge in [0.25, 0.3) is 0 Å². The Bertz CT molecular complexity index is 221. The van der Waals surface area contributed by atoms with E-state index < -0.39 is 6.09 Å². The fraction of sp³-hybridized carbons (Fsp3) is 0.909. The van der Waals surface area contributed by atoms with E-state index in [1.165, 1.54) is 12.8 Å². The Kier molecular flexibility index (Phi) is 3.97. The summed E-state index contributed by atoms with van der Waals surface area (Å²) in [5.74, 6) is 0.626. The van der Waals surface area contributed by atoms with Gasteiger partial charge in [-0.05, 0) is 44.3 Å². The van der Waals surface area contributed by atoms with Crippen LogP contribution in [0.15, 0.2) is 0 Å². The van der Waals surface area contributed by atoms with E-state index >= 15 is 0 Å². The van der Waals surface area contributed by atoms with Gasteiger partial charge in [0.15, 0.2) is 0 Å². The first-order valence-corrected chi connectivity index (χ1v) is 5.57. The van der Waals surface area contributed by atoms with Gasteiger partial charge in [0.1, 0.15) is 0 Å². The third-order valence-corrected chi connectivity index (χ3v) is 3.52. The highest BCUT2D eigenvalue weighted by Crippen LogP contribution is 2.33. The molecule has 1 saturated heterocycles. The van der Waals surface area contributed by atoms with Crippen LogP contribution in [0.5, 0.6) is 0 Å². The summed E-state index contributed by atoms with van der Waals surface area (Å²) in [4.78, 5) is 12.8. The molecule has 15 heavy (non-hydrogen) atoms. The van der Waals surface area contributed by atoms with Crippen LogP contribution >= 0.6 is 0 Å². The summed E-state index contributed by atoms with van der Waals surface area (Å²) < 4.78 is 0. The van der Waals surface area contributed by atoms with Gasteiger partial charge in [-0.3, -0.25) is 0 Å². The van der Waals surface area contributed by atoms with E-state index in [0.717, 1.165) is 13.1 Å². The Morgan fingerprint density at radius 1 is 1.47 bits per heavy atom. The molecular weight excluding hydrogens is 192 g/mol. The molecule has 0 unspecified atom stereocenters. The number of carbonyl (C=O) groups is 1. The number of carboxylic acid groups (broad SMARTS) is 1. The molecule has 88 valence electrons. The lowest BCUT2D eigenvalue weighted by molar-refractivity contribution is 0.111. The summed E-state index contributed by atoms with van der Waals surface area (Å²) in [6, 6.07) is 0. The van der Waals surface area contributed by atoms with Crippen LogP contribution in [0.25, 0.3) is 0 Å². The Morgan fingerprint density at radius 2 is 2.00 bits per heavy atom. The number of amides is 1. The zero-order valence-electron chi connectivity index (χ0n) is 9.92. The van der Waals surface area contributed by atoms with Crippen molar-refractivity contribution in [3.05, 3.63) is 0 Å². The molecule has 1 aliphatic heterocycles. The number of piperidine rings is 1. The lowest BCUT2D eigenvalue weighted by Crippen LogP contribution is -2.42. The first-order valence-electron chi connectivity index (χ1n) is 5.57. The van der Waals surface area contributed by atoms with Gasteiger partial charge in [0.2, 0.25) is 0 Å². The number of rotatable bonds is 3. The average molecular weight is 214 g/mol. The van der Waals surface area contributed by atoms with Crippen LogP contribution in [0.4, 0.5) is 4.79 Å². The molecule has 0 aromatic carbocycles. The van der Waals surface area contributed by atoms with E-state index in [1.807, 2.05) is 0 Å². The van der Waals surface area contributed by atoms with E-state index in [9.17, 15) is 4.79 Å². The monoisotopic (exact) mass is 214 g/mol. The molecule has 1 heterocycles. The van der Waals surface area contributed by atoms with E-state index in [0.29, 0.717) is 12.5 Å². The predicted molar refractivity (Wildman–Crippen MR) is 60.0 cm³/mol. The van der Waals surface area contributed by atoms with Crippen LogP contribution in [0, 0.1) is 11.3 Å². The number of likely N-dealkylation sites (tertiary alicyclic amines) is 1. The van der Waals surface area contributed by atoms with E-state index in [2.05, 4.69) is 31.1 Å². The molecule has 1 aliphatic rings. The molecule has 0 radical (unpaired) electrons. The maximum Gasteiger partial charge on any atom is 0.404 e. The third kappa shape index (κ3) is 3.70. The van der Waals surface area contributed by atoms with Crippen LogP contribution in [0.3, 0.4) is 0 Å². The van der Waals surface area contributed by atoms with Crippen molar-refractivity contribution in [1.29, 1.82) is 0 Å². The molecule has 1 amide bonds. The summed E-state index contributed by atoms with van der Waals surface area (Å²) in [7, 11) is 2.14. The lowest BCUT2D eigenvalue weighted by Gasteiger charge is -2.39. The molecular formula is C11H22N2O2. The number of nitrogens with one attached hydrogen (secondary N) is 1. The van der Waals surface area contributed by atoms with Crippen molar-refractivity contribution in [2.75, 3.05) is 26.7 Å². The van der Waals surface area contributed by atoms with Crippen molar-refractivity contribution in [2.45, 2.75) is 26.7 Å². The standard InChI is InChI=1S/C11H22N2O2/c1-11(2,8-12-10(14)15)9-4-6-13(3)7-5-9/h9,12H,4-8H2,1-3H3,(H,14,15). The van der Waals surface area contributed by atoms with Crippen LogP contribution in [-0.2, 0) is 0 Å². The first-order chi connectivity index (χ1) is 6.92. The maximum atomic E-state index is 10.5. The summed E-state index contributed by atoms with van der Waals surface area (Å²) in [5.41, 5.74) is 0.0691. The topological polar surface area (TPSA) is 52.6 Å². The van der Waals surface area contributed by atoms with Gasteiger partial charge in [0, 0.05) is 6.54 Å². The van der Waals surface area contributed by atoms with E-state index in [4.69, 9.17) is 5.11 Å². The maximum absolute atomic E-state index is 10.5. The Morgan fingerprint density at radius 3 is 2.47 bits per heavy atom. The van der Waals surface area contributed by atoms with Crippen LogP contribution in [-0.4, -0.2) is 42.8 Å². The number of hydrogen-bond donors (Lipinski definition) is 2. The highest BCUT2D eigenvalue weighted by Gasteiger charge is 2.31. The van der Waals surface area contributed by atoms with Crippen LogP contribution < -0.4 is 5.32 Å². The Balaban J connectivity index is 2.42. The molecule has 0 aromatic heterocycles. The van der Waals surface area contributed by atoms with Gasteiger partial charge in [-0.2, -0.15) is 0 Å². The van der Waals surface area contributed by atoms with Gasteiger partial charge in [-0.15, -0.1) is 0 Å². The molecule has 2 N–H and O–H groups in total. The van der Waals surface area contributed by atoms with Crippen molar-refractivity contribution >= 4 is 6.09 Å². The molecule has 0 atom stereocenters. The molecule has 1 rings (SSSR count). The SMILES string of the molecule is CN1CCC(C(C)(C)CNC(=O)O)CC1. The zero-order chi connectivity index (χ0) is 11.5. The zero-order valence-corrected chi connectivity index (χ0v) is 9.92. The minimum absolute atomic E-state index is 0.0691. The molecule has 0 saturated carbocycles. The largest absolute Gasteiger partial charge is 0.465 e. The summed E-state index contributed by atoms with van der Waals surface area (Å²) in [6.07, 6.45) is 1.42. The average Bonchev–Trinajstić information content (AvgIpc) is 2.16. The second-order valence-electron chi connectivity index (χ2n) is 5.22. The normalized spacial score (nSPS) is 20.2. The van der Waals surface area contributed by atoms with E-state index in [-0.39, 0.29) is 5.41 Å². The van der Waals surface area contributed by atoms with Crippen molar-refractivity contribution in [1.82, 2.24) is 10.2 Å². The smallest absolute Gasteiger partial charge is 0.404 e. The summed E-state index contributed by atoms with van der Waals surface area (Å²) in [5, 5.41) is 11.1. The molecule has 0 aromatic rings. The predicted octanol–water partition coefficient (Wildman–Crippen LogP) is 1.62. The summed E-state index contributed by atoms with van der Waals surface area (Å²) in [6.45, 7) is 7.11. The minimum Gasteiger partial charge on any atom is -0.465 e. The fourth-order valence-electron chi connectivity index (χ4n) is 2.24. The first kappa shape index (κ1) is 12.3. The van der Waals surface area contributed by atoms with Gasteiger partial charge >= 0.3 is 6.09 Å². The number of nitrogens with zero attached hydrogens (tertiary/aromatic N) is 1. The van der Waals surface area contributed by atoms with Crippen molar-refractivity contribution in [3.63, 3.8) is 0 Å². The van der Waals surface area contributed by atoms with E-state index in [1.54, 1.807) is 0 Å². The Hall–Kier alpha value is -0.770. The molecule has 4 nitrogen and oxygen atoms in total. The number of hydrogen-bond acceptors (Lipinski definition) is 2. The van der Waals surface area contributed by atoms with Gasteiger partial charge in [-0.1, -0.05) is 13.8 Å². The summed E-state index contributed by atoms with van der Waals surface area (Å²) >= 11 is 0. The lowest BCUT2D eigenvalue weighted by atomic mass is 9.73. The molecule has 0 aliphatic carbocycles.